The first-order valence-corrected chi connectivity index (χ1v) is 4.86. The third-order valence-corrected chi connectivity index (χ3v) is 2.41. The SMILES string of the molecule is CN[C@H](Cc1ccccc1CN)C(=O)O. The van der Waals surface area contributed by atoms with Crippen LogP contribution in [-0.4, -0.2) is 24.2 Å². The topological polar surface area (TPSA) is 75.3 Å². The molecule has 4 heteroatoms. The lowest BCUT2D eigenvalue weighted by Gasteiger charge is -2.13. The van der Waals surface area contributed by atoms with E-state index in [-0.39, 0.29) is 0 Å². The molecule has 1 rings (SSSR count). The number of likely N-dealkylation sites (N-methyl/N-ethyl adjacent to an activating group) is 1. The highest BCUT2D eigenvalue weighted by molar-refractivity contribution is 5.73. The molecule has 0 aliphatic rings. The standard InChI is InChI=1S/C11H16N2O2/c1-13-10(11(14)15)6-8-4-2-3-5-9(8)7-12/h2-5,10,13H,6-7,12H2,1H3,(H,14,15)/t10-/m1/s1. The van der Waals surface area contributed by atoms with E-state index < -0.39 is 12.0 Å². The normalized spacial score (nSPS) is 12.4. The fourth-order valence-corrected chi connectivity index (χ4v) is 1.49. The van der Waals surface area contributed by atoms with E-state index in [9.17, 15) is 4.79 Å². The highest BCUT2D eigenvalue weighted by atomic mass is 16.4. The summed E-state index contributed by atoms with van der Waals surface area (Å²) in [6.45, 7) is 0.437. The Morgan fingerprint density at radius 1 is 1.47 bits per heavy atom. The van der Waals surface area contributed by atoms with Crippen molar-refractivity contribution in [3.63, 3.8) is 0 Å². The second-order valence-electron chi connectivity index (χ2n) is 3.36. The number of nitrogens with one attached hydrogen (secondary N) is 1. The predicted molar refractivity (Wildman–Crippen MR) is 58.5 cm³/mol. The average molecular weight is 208 g/mol. The van der Waals surface area contributed by atoms with Crippen molar-refractivity contribution in [1.29, 1.82) is 0 Å². The maximum absolute atomic E-state index is 10.8. The Hall–Kier alpha value is -1.39. The van der Waals surface area contributed by atoms with Gasteiger partial charge in [-0.05, 0) is 24.6 Å². The van der Waals surface area contributed by atoms with Gasteiger partial charge in [-0.15, -0.1) is 0 Å². The largest absolute Gasteiger partial charge is 0.480 e. The number of hydrogen-bond acceptors (Lipinski definition) is 3. The molecule has 82 valence electrons. The summed E-state index contributed by atoms with van der Waals surface area (Å²) in [6, 6.07) is 7.07. The first kappa shape index (κ1) is 11.7. The molecule has 0 fully saturated rings. The maximum Gasteiger partial charge on any atom is 0.321 e. The summed E-state index contributed by atoms with van der Waals surface area (Å²) in [5.74, 6) is -0.843. The van der Waals surface area contributed by atoms with Crippen molar-refractivity contribution in [2.75, 3.05) is 7.05 Å². The summed E-state index contributed by atoms with van der Waals surface area (Å²) < 4.78 is 0. The maximum atomic E-state index is 10.8. The quantitative estimate of drug-likeness (QED) is 0.653. The van der Waals surface area contributed by atoms with Crippen molar-refractivity contribution in [2.24, 2.45) is 5.73 Å². The molecule has 0 aliphatic carbocycles. The molecule has 1 aromatic carbocycles. The smallest absolute Gasteiger partial charge is 0.321 e. The highest BCUT2D eigenvalue weighted by Gasteiger charge is 2.16. The van der Waals surface area contributed by atoms with Gasteiger partial charge in [0.05, 0.1) is 0 Å². The minimum absolute atomic E-state index is 0.437. The van der Waals surface area contributed by atoms with Gasteiger partial charge < -0.3 is 16.2 Å². The Labute approximate surface area is 89.1 Å². The average Bonchev–Trinajstić information content (AvgIpc) is 2.25. The van der Waals surface area contributed by atoms with E-state index in [1.807, 2.05) is 24.3 Å². The van der Waals surface area contributed by atoms with Gasteiger partial charge >= 0.3 is 5.97 Å². The molecule has 0 aromatic heterocycles. The molecule has 0 heterocycles. The van der Waals surface area contributed by atoms with Crippen molar-refractivity contribution in [2.45, 2.75) is 19.0 Å². The molecule has 0 bridgehead atoms. The van der Waals surface area contributed by atoms with Crippen molar-refractivity contribution in [3.8, 4) is 0 Å². The molecule has 0 radical (unpaired) electrons. The zero-order chi connectivity index (χ0) is 11.3. The number of carboxylic acid groups (broad SMARTS) is 1. The molecule has 0 saturated heterocycles. The number of benzene rings is 1. The highest BCUT2D eigenvalue weighted by Crippen LogP contribution is 2.10. The summed E-state index contributed by atoms with van der Waals surface area (Å²) in [6.07, 6.45) is 0.458. The Kier molecular flexibility index (Phi) is 4.27. The molecule has 0 aliphatic heterocycles. The van der Waals surface area contributed by atoms with Crippen molar-refractivity contribution in [3.05, 3.63) is 35.4 Å². The third-order valence-electron chi connectivity index (χ3n) is 2.41. The predicted octanol–water partition coefficient (Wildman–Crippen LogP) is 0.360. The van der Waals surface area contributed by atoms with Crippen LogP contribution in [0.2, 0.25) is 0 Å². The molecule has 15 heavy (non-hydrogen) atoms. The van der Waals surface area contributed by atoms with Crippen LogP contribution in [0.15, 0.2) is 24.3 Å². The van der Waals surface area contributed by atoms with Gasteiger partial charge in [-0.3, -0.25) is 4.79 Å². The van der Waals surface area contributed by atoms with E-state index in [0.29, 0.717) is 13.0 Å². The van der Waals surface area contributed by atoms with E-state index in [4.69, 9.17) is 10.8 Å². The Morgan fingerprint density at radius 3 is 2.53 bits per heavy atom. The van der Waals surface area contributed by atoms with E-state index >= 15 is 0 Å². The molecular weight excluding hydrogens is 192 g/mol. The second kappa shape index (κ2) is 5.48. The first-order chi connectivity index (χ1) is 7.19. The lowest BCUT2D eigenvalue weighted by atomic mass is 10.0. The Balaban J connectivity index is 2.82. The summed E-state index contributed by atoms with van der Waals surface area (Å²) in [5.41, 5.74) is 7.56. The van der Waals surface area contributed by atoms with Crippen LogP contribution in [0.25, 0.3) is 0 Å². The van der Waals surface area contributed by atoms with Crippen LogP contribution < -0.4 is 11.1 Å². The van der Waals surface area contributed by atoms with Crippen LogP contribution in [0, 0.1) is 0 Å². The zero-order valence-electron chi connectivity index (χ0n) is 8.73. The lowest BCUT2D eigenvalue weighted by Crippen LogP contribution is -2.36. The monoisotopic (exact) mass is 208 g/mol. The van der Waals surface area contributed by atoms with Crippen LogP contribution in [0.4, 0.5) is 0 Å². The summed E-state index contributed by atoms with van der Waals surface area (Å²) in [5, 5.41) is 11.7. The van der Waals surface area contributed by atoms with Gasteiger partial charge in [-0.2, -0.15) is 0 Å². The van der Waals surface area contributed by atoms with Crippen molar-refractivity contribution < 1.29 is 9.90 Å². The van der Waals surface area contributed by atoms with Gasteiger partial charge in [-0.25, -0.2) is 0 Å². The fraction of sp³-hybridized carbons (Fsp3) is 0.364. The van der Waals surface area contributed by atoms with Crippen molar-refractivity contribution >= 4 is 5.97 Å². The number of rotatable bonds is 5. The number of carboxylic acids is 1. The van der Waals surface area contributed by atoms with Gasteiger partial charge in [0.25, 0.3) is 0 Å². The second-order valence-corrected chi connectivity index (χ2v) is 3.36. The number of carbonyl (C=O) groups is 1. The van der Waals surface area contributed by atoms with Gasteiger partial charge in [0.2, 0.25) is 0 Å². The molecule has 1 atom stereocenters. The Bertz CT molecular complexity index is 339. The van der Waals surface area contributed by atoms with Gasteiger partial charge in [-0.1, -0.05) is 24.3 Å². The molecule has 1 aromatic rings. The molecule has 0 spiro atoms. The number of nitrogens with two attached hydrogens (primary N) is 1. The number of aliphatic carboxylic acids is 1. The van der Waals surface area contributed by atoms with Gasteiger partial charge in [0.1, 0.15) is 6.04 Å². The minimum Gasteiger partial charge on any atom is -0.480 e. The fourth-order valence-electron chi connectivity index (χ4n) is 1.49. The van der Waals surface area contributed by atoms with Gasteiger partial charge in [0.15, 0.2) is 0 Å². The molecular formula is C11H16N2O2. The number of hydrogen-bond donors (Lipinski definition) is 3. The molecule has 0 amide bonds. The van der Waals surface area contributed by atoms with E-state index in [0.717, 1.165) is 11.1 Å². The van der Waals surface area contributed by atoms with E-state index in [2.05, 4.69) is 5.32 Å². The summed E-state index contributed by atoms with van der Waals surface area (Å²) in [4.78, 5) is 10.8. The third kappa shape index (κ3) is 3.04. The summed E-state index contributed by atoms with van der Waals surface area (Å²) >= 11 is 0. The van der Waals surface area contributed by atoms with Crippen molar-refractivity contribution in [1.82, 2.24) is 5.32 Å². The molecule has 0 saturated carbocycles. The molecule has 0 unspecified atom stereocenters. The zero-order valence-corrected chi connectivity index (χ0v) is 8.73. The first-order valence-electron chi connectivity index (χ1n) is 4.86. The molecule has 4 nitrogen and oxygen atoms in total. The summed E-state index contributed by atoms with van der Waals surface area (Å²) in [7, 11) is 1.64. The van der Waals surface area contributed by atoms with Crippen LogP contribution in [-0.2, 0) is 17.8 Å². The Morgan fingerprint density at radius 2 is 2.07 bits per heavy atom. The van der Waals surface area contributed by atoms with Crippen LogP contribution in [0.5, 0.6) is 0 Å². The van der Waals surface area contributed by atoms with Crippen LogP contribution in [0.1, 0.15) is 11.1 Å². The molecule has 4 N–H and O–H groups in total. The van der Waals surface area contributed by atoms with Crippen LogP contribution >= 0.6 is 0 Å². The minimum atomic E-state index is -0.843. The van der Waals surface area contributed by atoms with Crippen LogP contribution in [0.3, 0.4) is 0 Å². The lowest BCUT2D eigenvalue weighted by molar-refractivity contribution is -0.139. The van der Waals surface area contributed by atoms with E-state index in [1.165, 1.54) is 0 Å². The van der Waals surface area contributed by atoms with Gasteiger partial charge in [0, 0.05) is 6.54 Å². The van der Waals surface area contributed by atoms with E-state index in [1.54, 1.807) is 7.05 Å².